The number of para-hydroxylation sites is 1. The maximum absolute atomic E-state index is 5.31. The molecular formula is C29H36N6O. The van der Waals surface area contributed by atoms with Gasteiger partial charge in [-0.05, 0) is 42.7 Å². The van der Waals surface area contributed by atoms with Gasteiger partial charge in [0.2, 0.25) is 0 Å². The highest BCUT2D eigenvalue weighted by Crippen LogP contribution is 2.30. The predicted molar refractivity (Wildman–Crippen MR) is 145 cm³/mol. The lowest BCUT2D eigenvalue weighted by Gasteiger charge is -2.24. The molecular weight excluding hydrogens is 448 g/mol. The Hall–Kier alpha value is -3.45. The highest BCUT2D eigenvalue weighted by molar-refractivity contribution is 5.88. The van der Waals surface area contributed by atoms with E-state index < -0.39 is 0 Å². The highest BCUT2D eigenvalue weighted by Gasteiger charge is 2.23. The van der Waals surface area contributed by atoms with Crippen molar-refractivity contribution in [2.75, 3.05) is 38.2 Å². The molecule has 0 amide bonds. The number of aromatic nitrogens is 4. The first-order valence-electron chi connectivity index (χ1n) is 13.1. The molecule has 2 aromatic heterocycles. The van der Waals surface area contributed by atoms with E-state index in [4.69, 9.17) is 19.8 Å². The van der Waals surface area contributed by atoms with E-state index in [-0.39, 0.29) is 0 Å². The van der Waals surface area contributed by atoms with Crippen molar-refractivity contribution < 1.29 is 4.74 Å². The minimum Gasteiger partial charge on any atom is -0.497 e. The Kier molecular flexibility index (Phi) is 7.47. The number of anilines is 1. The minimum atomic E-state index is 0.302. The number of hydrogen-bond acceptors (Lipinski definition) is 6. The van der Waals surface area contributed by atoms with Crippen molar-refractivity contribution in [1.29, 1.82) is 0 Å². The zero-order valence-corrected chi connectivity index (χ0v) is 21.6. The quantitative estimate of drug-likeness (QED) is 0.332. The average molecular weight is 485 g/mol. The van der Waals surface area contributed by atoms with Crippen LogP contribution in [0, 0.1) is 0 Å². The molecule has 1 fully saturated rings. The Morgan fingerprint density at radius 3 is 2.50 bits per heavy atom. The summed E-state index contributed by atoms with van der Waals surface area (Å²) in [6, 6.07) is 18.7. The molecule has 0 saturated carbocycles. The predicted octanol–water partition coefficient (Wildman–Crippen LogP) is 5.44. The Bertz CT molecular complexity index is 1270. The van der Waals surface area contributed by atoms with Crippen molar-refractivity contribution in [3.63, 3.8) is 0 Å². The Morgan fingerprint density at radius 1 is 0.944 bits per heavy atom. The van der Waals surface area contributed by atoms with Gasteiger partial charge in [0, 0.05) is 38.6 Å². The third kappa shape index (κ3) is 5.21. The standard InChI is InChI=1S/C29H36N6O/c1-4-9-22(2)27-31-28(26-20-30-35(29(26)32-27)24-10-6-5-7-11-24)34-17-8-16-33(18-19-34)21-23-12-14-25(36-3)15-13-23/h5-7,10-15,20,22H,4,8-9,16-19,21H2,1-3H3/t22-/m1/s1. The smallest absolute Gasteiger partial charge is 0.168 e. The van der Waals surface area contributed by atoms with Gasteiger partial charge in [-0.1, -0.05) is 50.6 Å². The maximum Gasteiger partial charge on any atom is 0.168 e. The van der Waals surface area contributed by atoms with Gasteiger partial charge in [-0.2, -0.15) is 5.10 Å². The van der Waals surface area contributed by atoms with Crippen molar-refractivity contribution in [3.8, 4) is 11.4 Å². The molecule has 7 nitrogen and oxygen atoms in total. The monoisotopic (exact) mass is 484 g/mol. The molecule has 1 atom stereocenters. The van der Waals surface area contributed by atoms with Gasteiger partial charge < -0.3 is 9.64 Å². The lowest BCUT2D eigenvalue weighted by Crippen LogP contribution is -2.31. The summed E-state index contributed by atoms with van der Waals surface area (Å²) in [7, 11) is 1.71. The Labute approximate surface area is 213 Å². The molecule has 7 heteroatoms. The van der Waals surface area contributed by atoms with E-state index >= 15 is 0 Å². The molecule has 3 heterocycles. The summed E-state index contributed by atoms with van der Waals surface area (Å²) >= 11 is 0. The summed E-state index contributed by atoms with van der Waals surface area (Å²) in [5.74, 6) is 3.14. The van der Waals surface area contributed by atoms with E-state index in [0.717, 1.165) is 86.1 Å². The van der Waals surface area contributed by atoms with Gasteiger partial charge >= 0.3 is 0 Å². The molecule has 36 heavy (non-hydrogen) atoms. The molecule has 0 bridgehead atoms. The number of benzene rings is 2. The Morgan fingerprint density at radius 2 is 1.75 bits per heavy atom. The third-order valence-electron chi connectivity index (χ3n) is 7.04. The van der Waals surface area contributed by atoms with Crippen molar-refractivity contribution in [1.82, 2.24) is 24.6 Å². The number of nitrogens with zero attached hydrogens (tertiary/aromatic N) is 6. The number of ether oxygens (including phenoxy) is 1. The summed E-state index contributed by atoms with van der Waals surface area (Å²) in [4.78, 5) is 15.2. The molecule has 1 aliphatic heterocycles. The zero-order valence-electron chi connectivity index (χ0n) is 21.6. The second kappa shape index (κ2) is 11.1. The van der Waals surface area contributed by atoms with E-state index in [9.17, 15) is 0 Å². The third-order valence-corrected chi connectivity index (χ3v) is 7.04. The first kappa shape index (κ1) is 24.3. The minimum absolute atomic E-state index is 0.302. The van der Waals surface area contributed by atoms with Gasteiger partial charge in [-0.25, -0.2) is 14.6 Å². The lowest BCUT2D eigenvalue weighted by molar-refractivity contribution is 0.285. The first-order chi connectivity index (χ1) is 17.7. The topological polar surface area (TPSA) is 59.3 Å². The number of methoxy groups -OCH3 is 1. The van der Waals surface area contributed by atoms with Crippen LogP contribution in [0.4, 0.5) is 5.82 Å². The van der Waals surface area contributed by atoms with Crippen molar-refractivity contribution in [2.45, 2.75) is 45.6 Å². The summed E-state index contributed by atoms with van der Waals surface area (Å²) < 4.78 is 7.26. The fraction of sp³-hybridized carbons (Fsp3) is 0.414. The molecule has 0 unspecified atom stereocenters. The van der Waals surface area contributed by atoms with E-state index in [0.29, 0.717) is 5.92 Å². The first-order valence-corrected chi connectivity index (χ1v) is 13.1. The van der Waals surface area contributed by atoms with Crippen LogP contribution in [0.25, 0.3) is 16.7 Å². The van der Waals surface area contributed by atoms with Crippen molar-refractivity contribution in [3.05, 3.63) is 72.2 Å². The average Bonchev–Trinajstić information content (AvgIpc) is 3.21. The van der Waals surface area contributed by atoms with Crippen LogP contribution < -0.4 is 9.64 Å². The number of rotatable bonds is 8. The zero-order chi connectivity index (χ0) is 24.9. The molecule has 0 radical (unpaired) electrons. The molecule has 2 aromatic carbocycles. The van der Waals surface area contributed by atoms with E-state index in [2.05, 4.69) is 47.9 Å². The summed E-state index contributed by atoms with van der Waals surface area (Å²) in [6.07, 6.45) is 5.21. The molecule has 4 aromatic rings. The second-order valence-electron chi connectivity index (χ2n) is 9.69. The van der Waals surface area contributed by atoms with Gasteiger partial charge in [0.1, 0.15) is 17.4 Å². The summed E-state index contributed by atoms with van der Waals surface area (Å²) in [5, 5.41) is 5.77. The summed E-state index contributed by atoms with van der Waals surface area (Å²) in [6.45, 7) is 9.36. The highest BCUT2D eigenvalue weighted by atomic mass is 16.5. The van der Waals surface area contributed by atoms with Gasteiger partial charge in [-0.15, -0.1) is 0 Å². The van der Waals surface area contributed by atoms with Crippen molar-refractivity contribution >= 4 is 16.9 Å². The van der Waals surface area contributed by atoms with Gasteiger partial charge in [0.05, 0.1) is 24.4 Å². The van der Waals surface area contributed by atoms with Crippen LogP contribution >= 0.6 is 0 Å². The van der Waals surface area contributed by atoms with Gasteiger partial charge in [0.25, 0.3) is 0 Å². The van der Waals surface area contributed by atoms with Crippen LogP contribution in [-0.2, 0) is 6.54 Å². The Balaban J connectivity index is 1.43. The van der Waals surface area contributed by atoms with Crippen molar-refractivity contribution in [2.24, 2.45) is 0 Å². The van der Waals surface area contributed by atoms with Crippen LogP contribution in [0.3, 0.4) is 0 Å². The molecule has 0 N–H and O–H groups in total. The maximum atomic E-state index is 5.31. The van der Waals surface area contributed by atoms with Crippen LogP contribution in [0.1, 0.15) is 50.4 Å². The fourth-order valence-electron chi connectivity index (χ4n) is 5.02. The van der Waals surface area contributed by atoms with Crippen LogP contribution in [-0.4, -0.2) is 57.9 Å². The van der Waals surface area contributed by atoms with Crippen LogP contribution in [0.2, 0.25) is 0 Å². The van der Waals surface area contributed by atoms with E-state index in [1.807, 2.05) is 41.2 Å². The van der Waals surface area contributed by atoms with E-state index in [1.54, 1.807) is 7.11 Å². The van der Waals surface area contributed by atoms with Gasteiger partial charge in [-0.3, -0.25) is 4.90 Å². The molecule has 1 aliphatic rings. The fourth-order valence-corrected chi connectivity index (χ4v) is 5.02. The molecule has 5 rings (SSSR count). The van der Waals surface area contributed by atoms with E-state index in [1.165, 1.54) is 5.56 Å². The summed E-state index contributed by atoms with van der Waals surface area (Å²) in [5.41, 5.74) is 3.23. The normalized spacial score (nSPS) is 15.7. The number of hydrogen-bond donors (Lipinski definition) is 0. The van der Waals surface area contributed by atoms with Gasteiger partial charge in [0.15, 0.2) is 5.65 Å². The molecule has 0 aliphatic carbocycles. The molecule has 188 valence electrons. The number of fused-ring (bicyclic) bond motifs is 1. The lowest BCUT2D eigenvalue weighted by atomic mass is 10.1. The SMILES string of the molecule is CCC[C@@H](C)c1nc(N2CCCN(Cc3ccc(OC)cc3)CC2)c2cnn(-c3ccccc3)c2n1. The molecule has 0 spiro atoms. The second-order valence-corrected chi connectivity index (χ2v) is 9.69. The van der Waals surface area contributed by atoms with Crippen LogP contribution in [0.5, 0.6) is 5.75 Å². The molecule has 1 saturated heterocycles. The van der Waals surface area contributed by atoms with Crippen LogP contribution in [0.15, 0.2) is 60.8 Å². The largest absolute Gasteiger partial charge is 0.497 e.